The molecule has 0 aliphatic carbocycles. The van der Waals surface area contributed by atoms with E-state index in [1.54, 1.807) is 14.2 Å². The van der Waals surface area contributed by atoms with E-state index in [1.807, 2.05) is 83.8 Å². The lowest BCUT2D eigenvalue weighted by molar-refractivity contribution is -0.138. The lowest BCUT2D eigenvalue weighted by atomic mass is 9.82. The van der Waals surface area contributed by atoms with Crippen LogP contribution in [0.5, 0.6) is 11.5 Å². The van der Waals surface area contributed by atoms with E-state index < -0.39 is 0 Å². The molecule has 0 N–H and O–H groups in total. The zero-order valence-corrected chi connectivity index (χ0v) is 17.5. The summed E-state index contributed by atoms with van der Waals surface area (Å²) in [6.07, 6.45) is 5.90. The molecule has 1 amide bonds. The molecule has 3 aromatic carbocycles. The molecule has 31 heavy (non-hydrogen) atoms. The zero-order chi connectivity index (χ0) is 21.8. The van der Waals surface area contributed by atoms with Crippen molar-refractivity contribution in [1.29, 1.82) is 0 Å². The van der Waals surface area contributed by atoms with Crippen LogP contribution in [0.4, 0.5) is 0 Å². The maximum Gasteiger partial charge on any atom is 0.254 e. The molecule has 3 aromatic rings. The number of rotatable bonds is 6. The number of benzene rings is 3. The molecular weight excluding hydrogens is 386 g/mol. The minimum absolute atomic E-state index is 0.0626. The SMILES string of the molecule is C#C/C(=C1\C(=O)N(Cc2ccccc2)[C@H]1c1cc(OC)cc(OC)c1)c1ccccc1. The van der Waals surface area contributed by atoms with Crippen molar-refractivity contribution >= 4 is 11.5 Å². The highest BCUT2D eigenvalue weighted by molar-refractivity contribution is 6.11. The van der Waals surface area contributed by atoms with Crippen LogP contribution in [-0.4, -0.2) is 25.0 Å². The fourth-order valence-corrected chi connectivity index (χ4v) is 3.92. The van der Waals surface area contributed by atoms with Gasteiger partial charge in [0.25, 0.3) is 5.91 Å². The second kappa shape index (κ2) is 8.81. The molecule has 1 heterocycles. The average molecular weight is 409 g/mol. The Balaban J connectivity index is 1.85. The van der Waals surface area contributed by atoms with E-state index in [0.29, 0.717) is 29.2 Å². The third-order valence-corrected chi connectivity index (χ3v) is 5.44. The third-order valence-electron chi connectivity index (χ3n) is 5.44. The fourth-order valence-electron chi connectivity index (χ4n) is 3.92. The average Bonchev–Trinajstić information content (AvgIpc) is 2.83. The number of amides is 1. The second-order valence-corrected chi connectivity index (χ2v) is 7.27. The largest absolute Gasteiger partial charge is 0.497 e. The Hall–Kier alpha value is -3.97. The molecule has 0 unspecified atom stereocenters. The molecule has 0 spiro atoms. The van der Waals surface area contributed by atoms with Crippen LogP contribution in [0, 0.1) is 12.3 Å². The van der Waals surface area contributed by atoms with Crippen molar-refractivity contribution in [3.05, 3.63) is 101 Å². The van der Waals surface area contributed by atoms with Gasteiger partial charge >= 0.3 is 0 Å². The van der Waals surface area contributed by atoms with Crippen molar-refractivity contribution in [2.75, 3.05) is 14.2 Å². The lowest BCUT2D eigenvalue weighted by Crippen LogP contribution is -2.48. The van der Waals surface area contributed by atoms with Crippen molar-refractivity contribution < 1.29 is 14.3 Å². The summed E-state index contributed by atoms with van der Waals surface area (Å²) in [7, 11) is 3.22. The summed E-state index contributed by atoms with van der Waals surface area (Å²) in [5.74, 6) is 4.02. The molecule has 4 rings (SSSR count). The van der Waals surface area contributed by atoms with Crippen molar-refractivity contribution in [1.82, 2.24) is 4.90 Å². The van der Waals surface area contributed by atoms with Crippen LogP contribution in [-0.2, 0) is 11.3 Å². The molecule has 1 aliphatic rings. The molecular formula is C27H23NO3. The summed E-state index contributed by atoms with van der Waals surface area (Å²) in [5.41, 5.74) is 4.02. The predicted octanol–water partition coefficient (Wildman–Crippen LogP) is 4.87. The van der Waals surface area contributed by atoms with Gasteiger partial charge in [-0.25, -0.2) is 0 Å². The first-order chi connectivity index (χ1) is 15.2. The van der Waals surface area contributed by atoms with Gasteiger partial charge in [-0.2, -0.15) is 0 Å². The Kier molecular flexibility index (Phi) is 5.77. The van der Waals surface area contributed by atoms with Crippen LogP contribution >= 0.6 is 0 Å². The molecule has 1 saturated heterocycles. The Morgan fingerprint density at radius 2 is 1.52 bits per heavy atom. The van der Waals surface area contributed by atoms with Crippen molar-refractivity contribution in [3.63, 3.8) is 0 Å². The molecule has 4 heteroatoms. The minimum Gasteiger partial charge on any atom is -0.497 e. The fraction of sp³-hybridized carbons (Fsp3) is 0.148. The number of ether oxygens (including phenoxy) is 2. The summed E-state index contributed by atoms with van der Waals surface area (Å²) in [5, 5.41) is 0. The number of likely N-dealkylation sites (tertiary alicyclic amines) is 1. The quantitative estimate of drug-likeness (QED) is 0.331. The van der Waals surface area contributed by atoms with Crippen molar-refractivity contribution in [2.45, 2.75) is 12.6 Å². The highest BCUT2D eigenvalue weighted by atomic mass is 16.5. The third kappa shape index (κ3) is 3.91. The maximum absolute atomic E-state index is 13.3. The number of carbonyl (C=O) groups is 1. The second-order valence-electron chi connectivity index (χ2n) is 7.27. The summed E-state index contributed by atoms with van der Waals surface area (Å²) in [6, 6.07) is 24.9. The van der Waals surface area contributed by atoms with Crippen LogP contribution in [0.15, 0.2) is 84.4 Å². The number of β-lactam (4-membered cyclic amide) rings is 1. The normalized spacial score (nSPS) is 16.9. The molecule has 1 atom stereocenters. The monoisotopic (exact) mass is 409 g/mol. The maximum atomic E-state index is 13.3. The van der Waals surface area contributed by atoms with Gasteiger partial charge in [0.15, 0.2) is 0 Å². The molecule has 154 valence electrons. The molecule has 0 bridgehead atoms. The zero-order valence-electron chi connectivity index (χ0n) is 17.5. The molecule has 0 saturated carbocycles. The van der Waals surface area contributed by atoms with Gasteiger partial charge in [-0.05, 0) is 28.8 Å². The number of terminal acetylenes is 1. The Bertz CT molecular complexity index is 1140. The van der Waals surface area contributed by atoms with Crippen LogP contribution in [0.25, 0.3) is 5.57 Å². The van der Waals surface area contributed by atoms with Gasteiger partial charge in [-0.15, -0.1) is 6.42 Å². The summed E-state index contributed by atoms with van der Waals surface area (Å²) >= 11 is 0. The van der Waals surface area contributed by atoms with Gasteiger partial charge in [-0.1, -0.05) is 66.6 Å². The molecule has 1 aliphatic heterocycles. The van der Waals surface area contributed by atoms with Gasteiger partial charge < -0.3 is 14.4 Å². The van der Waals surface area contributed by atoms with E-state index in [-0.39, 0.29) is 11.9 Å². The predicted molar refractivity (Wildman–Crippen MR) is 121 cm³/mol. The highest BCUT2D eigenvalue weighted by Gasteiger charge is 2.45. The van der Waals surface area contributed by atoms with E-state index in [9.17, 15) is 4.79 Å². The van der Waals surface area contributed by atoms with Crippen LogP contribution in [0.1, 0.15) is 22.7 Å². The van der Waals surface area contributed by atoms with Crippen LogP contribution in [0.3, 0.4) is 0 Å². The number of allylic oxidation sites excluding steroid dienone is 1. The summed E-state index contributed by atoms with van der Waals surface area (Å²) in [4.78, 5) is 15.2. The first-order valence-electron chi connectivity index (χ1n) is 10.00. The number of nitrogens with zero attached hydrogens (tertiary/aromatic N) is 1. The summed E-state index contributed by atoms with van der Waals surface area (Å²) in [6.45, 7) is 0.486. The Labute approximate surface area is 182 Å². The number of methoxy groups -OCH3 is 2. The van der Waals surface area contributed by atoms with Gasteiger partial charge in [0.2, 0.25) is 0 Å². The van der Waals surface area contributed by atoms with Gasteiger partial charge in [-0.3, -0.25) is 4.79 Å². The number of hydrogen-bond donors (Lipinski definition) is 0. The highest BCUT2D eigenvalue weighted by Crippen LogP contribution is 2.46. The number of hydrogen-bond acceptors (Lipinski definition) is 3. The lowest BCUT2D eigenvalue weighted by Gasteiger charge is -2.44. The van der Waals surface area contributed by atoms with E-state index >= 15 is 0 Å². The molecule has 0 aromatic heterocycles. The summed E-state index contributed by atoms with van der Waals surface area (Å²) < 4.78 is 10.9. The minimum atomic E-state index is -0.303. The van der Waals surface area contributed by atoms with E-state index in [2.05, 4.69) is 5.92 Å². The topological polar surface area (TPSA) is 38.8 Å². The van der Waals surface area contributed by atoms with Gasteiger partial charge in [0.05, 0.1) is 25.8 Å². The van der Waals surface area contributed by atoms with E-state index in [1.165, 1.54) is 0 Å². The Morgan fingerprint density at radius 3 is 2.06 bits per heavy atom. The standard InChI is InChI=1S/C27H23NO3/c1-4-24(20-13-9-6-10-14-20)25-26(21-15-22(30-2)17-23(16-21)31-3)28(27(25)29)18-19-11-7-5-8-12-19/h1,5-17,26H,18H2,2-3H3/b25-24+/t26-/m0/s1. The number of carbonyl (C=O) groups excluding carboxylic acids is 1. The van der Waals surface area contributed by atoms with E-state index in [0.717, 1.165) is 16.7 Å². The van der Waals surface area contributed by atoms with Gasteiger partial charge in [0.1, 0.15) is 11.5 Å². The molecule has 4 nitrogen and oxygen atoms in total. The van der Waals surface area contributed by atoms with Crippen molar-refractivity contribution in [3.8, 4) is 23.8 Å². The molecule has 0 radical (unpaired) electrons. The van der Waals surface area contributed by atoms with Gasteiger partial charge in [0, 0.05) is 18.2 Å². The Morgan fingerprint density at radius 1 is 0.935 bits per heavy atom. The van der Waals surface area contributed by atoms with Crippen LogP contribution < -0.4 is 9.47 Å². The van der Waals surface area contributed by atoms with E-state index in [4.69, 9.17) is 15.9 Å². The van der Waals surface area contributed by atoms with Crippen LogP contribution in [0.2, 0.25) is 0 Å². The smallest absolute Gasteiger partial charge is 0.254 e. The first-order valence-corrected chi connectivity index (χ1v) is 10.00. The first kappa shape index (κ1) is 20.3. The molecule has 1 fully saturated rings. The van der Waals surface area contributed by atoms with Crippen molar-refractivity contribution in [2.24, 2.45) is 0 Å².